The van der Waals surface area contributed by atoms with Crippen molar-refractivity contribution < 1.29 is 12.8 Å². The third kappa shape index (κ3) is 3.03. The first kappa shape index (κ1) is 15.1. The Morgan fingerprint density at radius 1 is 1.18 bits per heavy atom. The van der Waals surface area contributed by atoms with E-state index in [0.717, 1.165) is 18.5 Å². The second-order valence-electron chi connectivity index (χ2n) is 5.37. The zero-order chi connectivity index (χ0) is 15.6. The number of sulfonamides is 1. The molecule has 0 bridgehead atoms. The van der Waals surface area contributed by atoms with Crippen LogP contribution >= 0.6 is 0 Å². The summed E-state index contributed by atoms with van der Waals surface area (Å²) in [4.78, 5) is 4.27. The number of hydrogen-bond donors (Lipinski definition) is 0. The van der Waals surface area contributed by atoms with Gasteiger partial charge in [-0.25, -0.2) is 12.8 Å². The normalized spacial score (nSPS) is 19.4. The van der Waals surface area contributed by atoms with Crippen molar-refractivity contribution in [1.82, 2.24) is 9.29 Å². The number of pyridine rings is 1. The summed E-state index contributed by atoms with van der Waals surface area (Å²) in [5, 5.41) is 0. The van der Waals surface area contributed by atoms with E-state index in [0.29, 0.717) is 6.54 Å². The van der Waals surface area contributed by atoms with Gasteiger partial charge in [-0.2, -0.15) is 4.31 Å². The minimum Gasteiger partial charge on any atom is -0.260 e. The van der Waals surface area contributed by atoms with Crippen LogP contribution in [0.1, 0.15) is 30.1 Å². The molecule has 0 spiro atoms. The van der Waals surface area contributed by atoms with Gasteiger partial charge in [-0.3, -0.25) is 4.98 Å². The Bertz CT molecular complexity index is 750. The van der Waals surface area contributed by atoms with Crippen molar-refractivity contribution >= 4 is 10.0 Å². The first-order chi connectivity index (χ1) is 10.6. The van der Waals surface area contributed by atoms with Gasteiger partial charge >= 0.3 is 0 Å². The van der Waals surface area contributed by atoms with Gasteiger partial charge in [0.05, 0.1) is 17.5 Å². The Balaban J connectivity index is 1.87. The van der Waals surface area contributed by atoms with Crippen molar-refractivity contribution in [1.29, 1.82) is 0 Å². The van der Waals surface area contributed by atoms with Gasteiger partial charge in [-0.1, -0.05) is 24.3 Å². The molecule has 2 aromatic rings. The molecular formula is C16H17FN2O2S. The third-order valence-electron chi connectivity index (χ3n) is 3.89. The maximum Gasteiger partial charge on any atom is 0.219 e. The lowest BCUT2D eigenvalue weighted by Gasteiger charge is -2.23. The minimum atomic E-state index is -3.58. The molecule has 1 fully saturated rings. The fraction of sp³-hybridized carbons (Fsp3) is 0.312. The van der Waals surface area contributed by atoms with Crippen LogP contribution < -0.4 is 0 Å². The molecule has 1 aliphatic rings. The molecule has 4 nitrogen and oxygen atoms in total. The smallest absolute Gasteiger partial charge is 0.219 e. The van der Waals surface area contributed by atoms with E-state index in [4.69, 9.17) is 0 Å². The molecule has 1 aromatic heterocycles. The maximum atomic E-state index is 13.7. The molecule has 1 aliphatic heterocycles. The number of benzene rings is 1. The summed E-state index contributed by atoms with van der Waals surface area (Å²) < 4.78 is 40.5. The lowest BCUT2D eigenvalue weighted by Crippen LogP contribution is -2.32. The number of halogens is 1. The molecule has 1 saturated heterocycles. The minimum absolute atomic E-state index is 0.203. The zero-order valence-corrected chi connectivity index (χ0v) is 12.8. The number of aromatic nitrogens is 1. The maximum absolute atomic E-state index is 13.7. The summed E-state index contributed by atoms with van der Waals surface area (Å²) >= 11 is 0. The van der Waals surface area contributed by atoms with Crippen LogP contribution in [0.3, 0.4) is 0 Å². The lowest BCUT2D eigenvalue weighted by atomic mass is 10.1. The summed E-state index contributed by atoms with van der Waals surface area (Å²) in [5.74, 6) is -0.803. The molecular weight excluding hydrogens is 303 g/mol. The van der Waals surface area contributed by atoms with Crippen molar-refractivity contribution in [3.8, 4) is 0 Å². The summed E-state index contributed by atoms with van der Waals surface area (Å²) in [5.41, 5.74) is 0.950. The molecule has 1 aromatic carbocycles. The molecule has 0 aliphatic carbocycles. The molecule has 6 heteroatoms. The van der Waals surface area contributed by atoms with Gasteiger partial charge in [-0.05, 0) is 31.0 Å². The monoisotopic (exact) mass is 320 g/mol. The van der Waals surface area contributed by atoms with Crippen molar-refractivity contribution in [2.75, 3.05) is 6.54 Å². The van der Waals surface area contributed by atoms with E-state index in [9.17, 15) is 12.8 Å². The summed E-state index contributed by atoms with van der Waals surface area (Å²) in [7, 11) is -3.58. The summed E-state index contributed by atoms with van der Waals surface area (Å²) in [6.07, 6.45) is 3.20. The largest absolute Gasteiger partial charge is 0.260 e. The molecule has 3 rings (SSSR count). The van der Waals surface area contributed by atoms with Crippen LogP contribution in [-0.2, 0) is 15.8 Å². The van der Waals surface area contributed by atoms with Gasteiger partial charge in [0.1, 0.15) is 5.82 Å². The Labute approximate surface area is 129 Å². The highest BCUT2D eigenvalue weighted by molar-refractivity contribution is 7.88. The predicted molar refractivity (Wildman–Crippen MR) is 81.9 cm³/mol. The van der Waals surface area contributed by atoms with Crippen molar-refractivity contribution in [3.05, 3.63) is 65.7 Å². The average molecular weight is 320 g/mol. The summed E-state index contributed by atoms with van der Waals surface area (Å²) in [6, 6.07) is 11.2. The van der Waals surface area contributed by atoms with Gasteiger partial charge in [-0.15, -0.1) is 0 Å². The van der Waals surface area contributed by atoms with Crippen LogP contribution in [0.25, 0.3) is 0 Å². The molecule has 2 heterocycles. The van der Waals surface area contributed by atoms with E-state index in [1.54, 1.807) is 24.4 Å². The SMILES string of the molecule is O=S(=O)(Cc1ccccc1F)N1CCC[C@H]1c1ccccn1. The molecule has 0 amide bonds. The molecule has 116 valence electrons. The Kier molecular flexibility index (Phi) is 4.22. The van der Waals surface area contributed by atoms with Crippen LogP contribution in [0.2, 0.25) is 0 Å². The van der Waals surface area contributed by atoms with E-state index in [1.807, 2.05) is 12.1 Å². The second kappa shape index (κ2) is 6.14. The van der Waals surface area contributed by atoms with Gasteiger partial charge in [0.25, 0.3) is 0 Å². The van der Waals surface area contributed by atoms with E-state index in [-0.39, 0.29) is 17.4 Å². The topological polar surface area (TPSA) is 50.3 Å². The van der Waals surface area contributed by atoms with Crippen molar-refractivity contribution in [2.45, 2.75) is 24.6 Å². The first-order valence-electron chi connectivity index (χ1n) is 7.22. The molecule has 0 radical (unpaired) electrons. The van der Waals surface area contributed by atoms with Crippen molar-refractivity contribution in [2.24, 2.45) is 0 Å². The van der Waals surface area contributed by atoms with Crippen LogP contribution in [0.5, 0.6) is 0 Å². The standard InChI is InChI=1S/C16H17FN2O2S/c17-14-7-2-1-6-13(14)12-22(20,21)19-11-5-9-16(19)15-8-3-4-10-18-15/h1-4,6-8,10,16H,5,9,11-12H2/t16-/m0/s1. The van der Waals surface area contributed by atoms with Crippen LogP contribution in [0.4, 0.5) is 4.39 Å². The van der Waals surface area contributed by atoms with Crippen molar-refractivity contribution in [3.63, 3.8) is 0 Å². The molecule has 0 saturated carbocycles. The summed E-state index contributed by atoms with van der Waals surface area (Å²) in [6.45, 7) is 0.456. The average Bonchev–Trinajstić information content (AvgIpc) is 3.01. The van der Waals surface area contributed by atoms with Gasteiger partial charge in [0.2, 0.25) is 10.0 Å². The lowest BCUT2D eigenvalue weighted by molar-refractivity contribution is 0.389. The number of rotatable bonds is 4. The quantitative estimate of drug-likeness (QED) is 0.870. The number of nitrogens with zero attached hydrogens (tertiary/aromatic N) is 2. The van der Waals surface area contributed by atoms with Gasteiger partial charge in [0, 0.05) is 18.3 Å². The first-order valence-corrected chi connectivity index (χ1v) is 8.83. The highest BCUT2D eigenvalue weighted by Gasteiger charge is 2.36. The highest BCUT2D eigenvalue weighted by Crippen LogP contribution is 2.34. The van der Waals surface area contributed by atoms with E-state index >= 15 is 0 Å². The van der Waals surface area contributed by atoms with Crippen LogP contribution in [0, 0.1) is 5.82 Å². The van der Waals surface area contributed by atoms with E-state index < -0.39 is 15.8 Å². The third-order valence-corrected chi connectivity index (χ3v) is 5.71. The van der Waals surface area contributed by atoms with Gasteiger partial charge < -0.3 is 0 Å². The second-order valence-corrected chi connectivity index (χ2v) is 7.29. The Hall–Kier alpha value is -1.79. The fourth-order valence-electron chi connectivity index (χ4n) is 2.84. The Morgan fingerprint density at radius 3 is 2.68 bits per heavy atom. The number of hydrogen-bond acceptors (Lipinski definition) is 3. The van der Waals surface area contributed by atoms with E-state index in [1.165, 1.54) is 16.4 Å². The molecule has 0 N–H and O–H groups in total. The highest BCUT2D eigenvalue weighted by atomic mass is 32.2. The Morgan fingerprint density at radius 2 is 1.95 bits per heavy atom. The van der Waals surface area contributed by atoms with Gasteiger partial charge in [0.15, 0.2) is 0 Å². The zero-order valence-electron chi connectivity index (χ0n) is 12.0. The molecule has 1 atom stereocenters. The predicted octanol–water partition coefficient (Wildman–Crippen LogP) is 2.89. The van der Waals surface area contributed by atoms with E-state index in [2.05, 4.69) is 4.98 Å². The van der Waals surface area contributed by atoms with Crippen LogP contribution in [-0.4, -0.2) is 24.3 Å². The van der Waals surface area contributed by atoms with Crippen LogP contribution in [0.15, 0.2) is 48.7 Å². The molecule has 0 unspecified atom stereocenters. The fourth-order valence-corrected chi connectivity index (χ4v) is 4.64. The molecule has 22 heavy (non-hydrogen) atoms.